The summed E-state index contributed by atoms with van der Waals surface area (Å²) in [6.07, 6.45) is 0. The van der Waals surface area contributed by atoms with Gasteiger partial charge in [0.05, 0.1) is 0 Å². The van der Waals surface area contributed by atoms with Gasteiger partial charge in [-0.1, -0.05) is 23.5 Å². The van der Waals surface area contributed by atoms with Crippen molar-refractivity contribution in [1.29, 1.82) is 0 Å². The maximum atomic E-state index is 13.1. The summed E-state index contributed by atoms with van der Waals surface area (Å²) in [5.74, 6) is -0.573. The summed E-state index contributed by atoms with van der Waals surface area (Å²) in [6.45, 7) is 2.66. The number of carbonyl (C=O) groups is 1. The zero-order chi connectivity index (χ0) is 13.8. The average molecular weight is 300 g/mol. The molecular formula is C12H11ClFN3OS. The smallest absolute Gasteiger partial charge is 0.285 e. The Morgan fingerprint density at radius 2 is 2.26 bits per heavy atom. The lowest BCUT2D eigenvalue weighted by Crippen LogP contribution is -2.30. The van der Waals surface area contributed by atoms with E-state index in [1.807, 2.05) is 6.92 Å². The minimum Gasteiger partial charge on any atom is -0.332 e. The minimum absolute atomic E-state index is 0.227. The molecule has 0 aliphatic heterocycles. The van der Waals surface area contributed by atoms with Crippen LogP contribution >= 0.6 is 22.9 Å². The standard InChI is InChI=1S/C12H11ClFN3OS/c1-2-17(7-8-4-3-5-9(14)6-8)11(18)10-15-16-12(13)19-10/h3-6H,2,7H2,1H3. The van der Waals surface area contributed by atoms with Crippen molar-refractivity contribution in [1.82, 2.24) is 15.1 Å². The molecule has 1 aromatic carbocycles. The van der Waals surface area contributed by atoms with E-state index in [-0.39, 0.29) is 21.2 Å². The quantitative estimate of drug-likeness (QED) is 0.872. The molecule has 0 aliphatic rings. The fraction of sp³-hybridized carbons (Fsp3) is 0.250. The lowest BCUT2D eigenvalue weighted by atomic mass is 10.2. The van der Waals surface area contributed by atoms with Crippen molar-refractivity contribution in [2.75, 3.05) is 6.54 Å². The van der Waals surface area contributed by atoms with E-state index in [0.717, 1.165) is 16.9 Å². The van der Waals surface area contributed by atoms with Gasteiger partial charge < -0.3 is 4.90 Å². The first kappa shape index (κ1) is 13.9. The number of hydrogen-bond acceptors (Lipinski definition) is 4. The molecule has 0 aliphatic carbocycles. The Labute approximate surface area is 118 Å². The van der Waals surface area contributed by atoms with E-state index in [0.29, 0.717) is 13.1 Å². The number of nitrogens with zero attached hydrogens (tertiary/aromatic N) is 3. The number of aromatic nitrogens is 2. The number of carbonyl (C=O) groups excluding carboxylic acids is 1. The molecule has 7 heteroatoms. The summed E-state index contributed by atoms with van der Waals surface area (Å²) in [7, 11) is 0. The van der Waals surface area contributed by atoms with E-state index in [1.165, 1.54) is 12.1 Å². The van der Waals surface area contributed by atoms with Gasteiger partial charge in [0, 0.05) is 13.1 Å². The number of benzene rings is 1. The highest BCUT2D eigenvalue weighted by Crippen LogP contribution is 2.18. The van der Waals surface area contributed by atoms with Crippen LogP contribution in [0.2, 0.25) is 4.47 Å². The Balaban J connectivity index is 2.14. The Bertz CT molecular complexity index is 590. The van der Waals surface area contributed by atoms with Gasteiger partial charge in [-0.05, 0) is 36.2 Å². The lowest BCUT2D eigenvalue weighted by Gasteiger charge is -2.19. The van der Waals surface area contributed by atoms with Crippen molar-refractivity contribution in [3.63, 3.8) is 0 Å². The van der Waals surface area contributed by atoms with Crippen LogP contribution in [0.3, 0.4) is 0 Å². The Kier molecular flexibility index (Phi) is 4.44. The first-order chi connectivity index (χ1) is 9.10. The van der Waals surface area contributed by atoms with E-state index >= 15 is 0 Å². The molecule has 4 nitrogen and oxygen atoms in total. The largest absolute Gasteiger partial charge is 0.332 e. The summed E-state index contributed by atoms with van der Waals surface area (Å²) < 4.78 is 13.3. The van der Waals surface area contributed by atoms with Gasteiger partial charge in [-0.2, -0.15) is 0 Å². The Hall–Kier alpha value is -1.53. The third-order valence-corrected chi connectivity index (χ3v) is 3.52. The molecule has 0 bridgehead atoms. The molecule has 0 unspecified atom stereocenters. The van der Waals surface area contributed by atoms with Crippen LogP contribution in [0.1, 0.15) is 22.3 Å². The van der Waals surface area contributed by atoms with Crippen LogP contribution in [0.15, 0.2) is 24.3 Å². The summed E-state index contributed by atoms with van der Waals surface area (Å²) in [6, 6.07) is 6.16. The first-order valence-corrected chi connectivity index (χ1v) is 6.82. The van der Waals surface area contributed by atoms with Gasteiger partial charge in [-0.15, -0.1) is 10.2 Å². The lowest BCUT2D eigenvalue weighted by molar-refractivity contribution is 0.0751. The van der Waals surface area contributed by atoms with Crippen LogP contribution in [0.4, 0.5) is 4.39 Å². The topological polar surface area (TPSA) is 46.1 Å². The third kappa shape index (κ3) is 3.48. The molecule has 2 aromatic rings. The van der Waals surface area contributed by atoms with E-state index < -0.39 is 0 Å². The summed E-state index contributed by atoms with van der Waals surface area (Å²) >= 11 is 6.69. The molecule has 1 aromatic heterocycles. The van der Waals surface area contributed by atoms with E-state index in [4.69, 9.17) is 11.6 Å². The number of amides is 1. The molecule has 0 saturated carbocycles. The van der Waals surface area contributed by atoms with Gasteiger partial charge in [-0.3, -0.25) is 4.79 Å². The molecular weight excluding hydrogens is 289 g/mol. The second kappa shape index (κ2) is 6.08. The van der Waals surface area contributed by atoms with Crippen LogP contribution in [0.25, 0.3) is 0 Å². The second-order valence-corrected chi connectivity index (χ2v) is 5.37. The zero-order valence-electron chi connectivity index (χ0n) is 10.1. The fourth-order valence-electron chi connectivity index (χ4n) is 1.61. The molecule has 100 valence electrons. The van der Waals surface area contributed by atoms with Crippen molar-refractivity contribution in [3.05, 3.63) is 45.1 Å². The highest BCUT2D eigenvalue weighted by molar-refractivity contribution is 7.17. The maximum absolute atomic E-state index is 13.1. The van der Waals surface area contributed by atoms with Crippen LogP contribution in [-0.2, 0) is 6.54 Å². The van der Waals surface area contributed by atoms with Crippen LogP contribution in [0.5, 0.6) is 0 Å². The zero-order valence-corrected chi connectivity index (χ0v) is 11.7. The van der Waals surface area contributed by atoms with Gasteiger partial charge in [0.2, 0.25) is 9.47 Å². The van der Waals surface area contributed by atoms with Crippen LogP contribution in [0, 0.1) is 5.82 Å². The number of rotatable bonds is 4. The van der Waals surface area contributed by atoms with Crippen molar-refractivity contribution in [2.24, 2.45) is 0 Å². The fourth-order valence-corrected chi connectivity index (χ4v) is 2.41. The van der Waals surface area contributed by atoms with Gasteiger partial charge in [0.1, 0.15) is 5.82 Å². The molecule has 0 fully saturated rings. The normalized spacial score (nSPS) is 10.5. The molecule has 0 saturated heterocycles. The van der Waals surface area contributed by atoms with Crippen molar-refractivity contribution in [2.45, 2.75) is 13.5 Å². The molecule has 19 heavy (non-hydrogen) atoms. The third-order valence-electron chi connectivity index (χ3n) is 2.51. The molecule has 1 heterocycles. The molecule has 0 atom stereocenters. The Morgan fingerprint density at radius 3 is 2.84 bits per heavy atom. The van der Waals surface area contributed by atoms with Crippen LogP contribution in [-0.4, -0.2) is 27.5 Å². The Morgan fingerprint density at radius 1 is 1.47 bits per heavy atom. The van der Waals surface area contributed by atoms with Crippen molar-refractivity contribution < 1.29 is 9.18 Å². The number of hydrogen-bond donors (Lipinski definition) is 0. The van der Waals surface area contributed by atoms with Gasteiger partial charge in [0.25, 0.3) is 5.91 Å². The minimum atomic E-state index is -0.319. The summed E-state index contributed by atoms with van der Waals surface area (Å²) in [4.78, 5) is 13.7. The summed E-state index contributed by atoms with van der Waals surface area (Å²) in [5.41, 5.74) is 0.728. The molecule has 0 N–H and O–H groups in total. The van der Waals surface area contributed by atoms with E-state index in [2.05, 4.69) is 10.2 Å². The van der Waals surface area contributed by atoms with Crippen molar-refractivity contribution >= 4 is 28.8 Å². The van der Waals surface area contributed by atoms with Gasteiger partial charge in [-0.25, -0.2) is 4.39 Å². The maximum Gasteiger partial charge on any atom is 0.285 e. The highest BCUT2D eigenvalue weighted by atomic mass is 35.5. The predicted octanol–water partition coefficient (Wildman–Crippen LogP) is 2.99. The molecule has 1 amide bonds. The molecule has 0 radical (unpaired) electrons. The SMILES string of the molecule is CCN(Cc1cccc(F)c1)C(=O)c1nnc(Cl)s1. The molecule has 2 rings (SSSR count). The molecule has 0 spiro atoms. The number of halogens is 2. The second-order valence-electron chi connectivity index (χ2n) is 3.81. The van der Waals surface area contributed by atoms with Crippen LogP contribution < -0.4 is 0 Å². The van der Waals surface area contributed by atoms with Gasteiger partial charge >= 0.3 is 0 Å². The van der Waals surface area contributed by atoms with Gasteiger partial charge in [0.15, 0.2) is 0 Å². The highest BCUT2D eigenvalue weighted by Gasteiger charge is 2.19. The summed E-state index contributed by atoms with van der Waals surface area (Å²) in [5, 5.41) is 7.56. The van der Waals surface area contributed by atoms with E-state index in [9.17, 15) is 9.18 Å². The average Bonchev–Trinajstić information content (AvgIpc) is 2.82. The van der Waals surface area contributed by atoms with Crippen molar-refractivity contribution in [3.8, 4) is 0 Å². The first-order valence-electron chi connectivity index (χ1n) is 5.63. The van der Waals surface area contributed by atoms with E-state index in [1.54, 1.807) is 17.0 Å². The predicted molar refractivity (Wildman–Crippen MR) is 71.7 cm³/mol. The monoisotopic (exact) mass is 299 g/mol.